The van der Waals surface area contributed by atoms with Crippen LogP contribution in [0.3, 0.4) is 0 Å². The van der Waals surface area contributed by atoms with E-state index in [4.69, 9.17) is 0 Å². The standard InChI is InChI=1S/C16H16N6OS/c23-16(21-12-3-9-1-2-11(12)20-9)13-4-10-14(22-8-17-7-19-22)6-24-15(10)5-18-13/h4-9,11-12,20H,1-3H2,(H,21,23)/t9-,11+,12-/m1/s1. The lowest BCUT2D eigenvalue weighted by Gasteiger charge is -2.21. The second-order valence-electron chi connectivity index (χ2n) is 6.39. The van der Waals surface area contributed by atoms with Crippen molar-refractivity contribution in [3.05, 3.63) is 36.0 Å². The lowest BCUT2D eigenvalue weighted by molar-refractivity contribution is 0.0926. The molecule has 0 radical (unpaired) electrons. The number of pyridine rings is 1. The molecule has 0 spiro atoms. The molecular formula is C16H16N6OS. The molecule has 2 aliphatic heterocycles. The number of thiophene rings is 1. The monoisotopic (exact) mass is 340 g/mol. The summed E-state index contributed by atoms with van der Waals surface area (Å²) in [5, 5.41) is 13.8. The predicted molar refractivity (Wildman–Crippen MR) is 90.4 cm³/mol. The van der Waals surface area contributed by atoms with E-state index in [1.807, 2.05) is 11.4 Å². The number of nitrogens with zero attached hydrogens (tertiary/aromatic N) is 4. The summed E-state index contributed by atoms with van der Waals surface area (Å²) < 4.78 is 2.74. The maximum Gasteiger partial charge on any atom is 0.270 e. The minimum atomic E-state index is -0.105. The Kier molecular flexibility index (Phi) is 3.14. The summed E-state index contributed by atoms with van der Waals surface area (Å²) in [6, 6.07) is 3.03. The average Bonchev–Trinajstić information content (AvgIpc) is 3.36. The summed E-state index contributed by atoms with van der Waals surface area (Å²) in [4.78, 5) is 20.9. The number of hydrogen-bond donors (Lipinski definition) is 2. The van der Waals surface area contributed by atoms with E-state index in [0.29, 0.717) is 17.8 Å². The van der Waals surface area contributed by atoms with Crippen LogP contribution in [0, 0.1) is 0 Å². The van der Waals surface area contributed by atoms with Gasteiger partial charge in [-0.3, -0.25) is 4.79 Å². The van der Waals surface area contributed by atoms with Crippen molar-refractivity contribution in [3.8, 4) is 5.69 Å². The van der Waals surface area contributed by atoms with Crippen molar-refractivity contribution >= 4 is 27.3 Å². The molecule has 0 unspecified atom stereocenters. The first-order valence-electron chi connectivity index (χ1n) is 8.07. The van der Waals surface area contributed by atoms with Crippen molar-refractivity contribution in [1.82, 2.24) is 30.4 Å². The Morgan fingerprint density at radius 3 is 3.12 bits per heavy atom. The molecule has 1 amide bonds. The molecule has 122 valence electrons. The zero-order valence-corrected chi connectivity index (χ0v) is 13.7. The first kappa shape index (κ1) is 14.1. The van der Waals surface area contributed by atoms with Gasteiger partial charge in [-0.1, -0.05) is 0 Å². The number of carbonyl (C=O) groups is 1. The fraction of sp³-hybridized carbons (Fsp3) is 0.375. The van der Waals surface area contributed by atoms with Crippen LogP contribution in [0.4, 0.5) is 0 Å². The third kappa shape index (κ3) is 2.22. The van der Waals surface area contributed by atoms with Crippen LogP contribution in [0.1, 0.15) is 29.8 Å². The van der Waals surface area contributed by atoms with Gasteiger partial charge in [-0.25, -0.2) is 14.6 Å². The minimum Gasteiger partial charge on any atom is -0.346 e. The van der Waals surface area contributed by atoms with Gasteiger partial charge in [0.2, 0.25) is 0 Å². The van der Waals surface area contributed by atoms with Gasteiger partial charge in [0.25, 0.3) is 5.91 Å². The Bertz CT molecular complexity index is 905. The first-order chi connectivity index (χ1) is 11.8. The summed E-state index contributed by atoms with van der Waals surface area (Å²) in [7, 11) is 0. The van der Waals surface area contributed by atoms with Gasteiger partial charge in [-0.15, -0.1) is 11.3 Å². The number of fused-ring (bicyclic) bond motifs is 3. The molecule has 3 aromatic heterocycles. The van der Waals surface area contributed by atoms with Crippen LogP contribution < -0.4 is 10.6 Å². The molecule has 2 bridgehead atoms. The van der Waals surface area contributed by atoms with Crippen LogP contribution in [-0.2, 0) is 0 Å². The van der Waals surface area contributed by atoms with Crippen molar-refractivity contribution in [3.63, 3.8) is 0 Å². The zero-order chi connectivity index (χ0) is 16.1. The van der Waals surface area contributed by atoms with E-state index in [-0.39, 0.29) is 11.9 Å². The second kappa shape index (κ2) is 5.35. The number of amides is 1. The molecular weight excluding hydrogens is 324 g/mol. The van der Waals surface area contributed by atoms with Crippen LogP contribution in [0.25, 0.3) is 15.8 Å². The second-order valence-corrected chi connectivity index (χ2v) is 7.30. The fourth-order valence-electron chi connectivity index (χ4n) is 3.78. The van der Waals surface area contributed by atoms with Gasteiger partial charge in [-0.05, 0) is 25.3 Å². The highest BCUT2D eigenvalue weighted by atomic mass is 32.1. The first-order valence-corrected chi connectivity index (χ1v) is 8.95. The third-order valence-corrected chi connectivity index (χ3v) is 5.88. The molecule has 0 aliphatic carbocycles. The van der Waals surface area contributed by atoms with Crippen molar-refractivity contribution in [1.29, 1.82) is 0 Å². The smallest absolute Gasteiger partial charge is 0.270 e. The molecule has 2 aliphatic rings. The maximum atomic E-state index is 12.6. The third-order valence-electron chi connectivity index (χ3n) is 4.96. The van der Waals surface area contributed by atoms with Gasteiger partial charge in [-0.2, -0.15) is 5.10 Å². The van der Waals surface area contributed by atoms with Crippen LogP contribution in [0.5, 0.6) is 0 Å². The van der Waals surface area contributed by atoms with Gasteiger partial charge in [0.05, 0.1) is 10.4 Å². The molecule has 5 heterocycles. The van der Waals surface area contributed by atoms with Gasteiger partial charge in [0, 0.05) is 35.1 Å². The summed E-state index contributed by atoms with van der Waals surface area (Å²) in [5.41, 5.74) is 1.37. The molecule has 0 saturated carbocycles. The van der Waals surface area contributed by atoms with Crippen molar-refractivity contribution < 1.29 is 4.79 Å². The zero-order valence-electron chi connectivity index (χ0n) is 12.8. The van der Waals surface area contributed by atoms with Gasteiger partial charge < -0.3 is 10.6 Å². The molecule has 24 heavy (non-hydrogen) atoms. The molecule has 2 fully saturated rings. The lowest BCUT2D eigenvalue weighted by Crippen LogP contribution is -2.43. The highest BCUT2D eigenvalue weighted by molar-refractivity contribution is 7.17. The molecule has 2 saturated heterocycles. The number of carbonyl (C=O) groups excluding carboxylic acids is 1. The van der Waals surface area contributed by atoms with Crippen molar-refractivity contribution in [2.75, 3.05) is 0 Å². The Balaban J connectivity index is 1.44. The molecule has 7 nitrogen and oxygen atoms in total. The highest BCUT2D eigenvalue weighted by Gasteiger charge is 2.39. The van der Waals surface area contributed by atoms with Crippen molar-refractivity contribution in [2.45, 2.75) is 37.4 Å². The molecule has 5 rings (SSSR count). The Morgan fingerprint density at radius 1 is 1.42 bits per heavy atom. The van der Waals surface area contributed by atoms with Gasteiger partial charge in [0.1, 0.15) is 18.3 Å². The highest BCUT2D eigenvalue weighted by Crippen LogP contribution is 2.30. The lowest BCUT2D eigenvalue weighted by atomic mass is 9.95. The van der Waals surface area contributed by atoms with E-state index in [0.717, 1.165) is 28.6 Å². The summed E-state index contributed by atoms with van der Waals surface area (Å²) in [6.45, 7) is 0. The molecule has 8 heteroatoms. The Hall–Kier alpha value is -2.32. The topological polar surface area (TPSA) is 84.7 Å². The van der Waals surface area contributed by atoms with E-state index in [1.54, 1.807) is 28.5 Å². The SMILES string of the molecule is O=C(N[C@@H]1C[C@H]2CC[C@@H]1N2)c1cc2c(-n3cncn3)csc2cn1. The number of aromatic nitrogens is 4. The van der Waals surface area contributed by atoms with E-state index >= 15 is 0 Å². The van der Waals surface area contributed by atoms with Gasteiger partial charge >= 0.3 is 0 Å². The van der Waals surface area contributed by atoms with Crippen LogP contribution in [0.2, 0.25) is 0 Å². The minimum absolute atomic E-state index is 0.105. The van der Waals surface area contributed by atoms with E-state index in [2.05, 4.69) is 25.7 Å². The maximum absolute atomic E-state index is 12.6. The van der Waals surface area contributed by atoms with E-state index in [1.165, 1.54) is 12.7 Å². The Labute approximate surface area is 142 Å². The summed E-state index contributed by atoms with van der Waals surface area (Å²) in [6.07, 6.45) is 8.29. The fourth-order valence-corrected chi connectivity index (χ4v) is 4.66. The molecule has 0 aromatic carbocycles. The average molecular weight is 340 g/mol. The van der Waals surface area contributed by atoms with Crippen LogP contribution >= 0.6 is 11.3 Å². The van der Waals surface area contributed by atoms with Crippen LogP contribution in [-0.4, -0.2) is 43.8 Å². The molecule has 2 N–H and O–H groups in total. The summed E-state index contributed by atoms with van der Waals surface area (Å²) in [5.74, 6) is -0.105. The quantitative estimate of drug-likeness (QED) is 0.755. The van der Waals surface area contributed by atoms with E-state index < -0.39 is 0 Å². The Morgan fingerprint density at radius 2 is 2.38 bits per heavy atom. The van der Waals surface area contributed by atoms with Crippen molar-refractivity contribution in [2.24, 2.45) is 0 Å². The normalized spacial score (nSPS) is 25.4. The number of hydrogen-bond acceptors (Lipinski definition) is 6. The summed E-state index contributed by atoms with van der Waals surface area (Å²) >= 11 is 1.58. The van der Waals surface area contributed by atoms with E-state index in [9.17, 15) is 4.79 Å². The molecule has 3 aromatic rings. The number of rotatable bonds is 3. The van der Waals surface area contributed by atoms with Gasteiger partial charge in [0.15, 0.2) is 0 Å². The van der Waals surface area contributed by atoms with Crippen LogP contribution in [0.15, 0.2) is 30.3 Å². The number of nitrogens with one attached hydrogen (secondary N) is 2. The largest absolute Gasteiger partial charge is 0.346 e. The predicted octanol–water partition coefficient (Wildman–Crippen LogP) is 1.50. The molecule has 3 atom stereocenters.